The Labute approximate surface area is 166 Å². The molecular formula is C21H17NO7. The molecule has 29 heavy (non-hydrogen) atoms. The molecule has 2 aromatic rings. The number of amides is 1. The lowest BCUT2D eigenvalue weighted by Gasteiger charge is -2.20. The third-order valence-corrected chi connectivity index (χ3v) is 4.38. The summed E-state index contributed by atoms with van der Waals surface area (Å²) in [5.41, 5.74) is -0.418. The number of anilines is 1. The summed E-state index contributed by atoms with van der Waals surface area (Å²) in [4.78, 5) is 51.9. The van der Waals surface area contributed by atoms with Gasteiger partial charge in [-0.1, -0.05) is 12.1 Å². The van der Waals surface area contributed by atoms with E-state index in [9.17, 15) is 19.2 Å². The van der Waals surface area contributed by atoms with Crippen LogP contribution in [-0.2, 0) is 19.1 Å². The Morgan fingerprint density at radius 3 is 1.97 bits per heavy atom. The van der Waals surface area contributed by atoms with Crippen LogP contribution in [0.4, 0.5) is 5.69 Å². The monoisotopic (exact) mass is 395 g/mol. The van der Waals surface area contributed by atoms with Crippen LogP contribution < -0.4 is 9.64 Å². The van der Waals surface area contributed by atoms with Gasteiger partial charge in [0, 0.05) is 11.1 Å². The minimum atomic E-state index is -1.08. The molecule has 8 nitrogen and oxygen atoms in total. The molecule has 0 saturated carbocycles. The van der Waals surface area contributed by atoms with Crippen molar-refractivity contribution < 1.29 is 33.4 Å². The Kier molecular flexibility index (Phi) is 5.45. The number of para-hydroxylation sites is 1. The molecule has 2 aromatic carbocycles. The molecule has 0 unspecified atom stereocenters. The number of rotatable bonds is 4. The van der Waals surface area contributed by atoms with Gasteiger partial charge in [-0.25, -0.2) is 9.59 Å². The molecule has 1 aliphatic heterocycles. The SMILES string of the molecule is COC(=O)C(C(=O)OC)=C1C(=O)c2ccccc2N1C(=O)c1ccc(OC)cc1. The number of fused-ring (bicyclic) bond motifs is 1. The second kappa shape index (κ2) is 7.97. The van der Waals surface area contributed by atoms with E-state index in [2.05, 4.69) is 9.47 Å². The van der Waals surface area contributed by atoms with Gasteiger partial charge in [0.25, 0.3) is 5.91 Å². The number of carbonyl (C=O) groups is 4. The number of nitrogens with zero attached hydrogens (tertiary/aromatic N) is 1. The van der Waals surface area contributed by atoms with Crippen LogP contribution in [0.1, 0.15) is 20.7 Å². The van der Waals surface area contributed by atoms with Crippen LogP contribution in [-0.4, -0.2) is 45.0 Å². The molecule has 3 rings (SSSR count). The third kappa shape index (κ3) is 3.36. The molecule has 1 aliphatic rings. The summed E-state index contributed by atoms with van der Waals surface area (Å²) in [5.74, 6) is -2.89. The first-order valence-corrected chi connectivity index (χ1v) is 8.47. The number of allylic oxidation sites excluding steroid dienone is 1. The molecular weight excluding hydrogens is 378 g/mol. The van der Waals surface area contributed by atoms with Crippen molar-refractivity contribution in [3.05, 3.63) is 70.9 Å². The fourth-order valence-corrected chi connectivity index (χ4v) is 2.99. The van der Waals surface area contributed by atoms with E-state index in [1.807, 2.05) is 0 Å². The summed E-state index contributed by atoms with van der Waals surface area (Å²) in [6.07, 6.45) is 0. The van der Waals surface area contributed by atoms with Crippen molar-refractivity contribution in [1.29, 1.82) is 0 Å². The van der Waals surface area contributed by atoms with Gasteiger partial charge >= 0.3 is 11.9 Å². The molecule has 8 heteroatoms. The van der Waals surface area contributed by atoms with Gasteiger partial charge in [-0.05, 0) is 36.4 Å². The van der Waals surface area contributed by atoms with Crippen LogP contribution in [0, 0.1) is 0 Å². The van der Waals surface area contributed by atoms with Gasteiger partial charge in [-0.2, -0.15) is 0 Å². The van der Waals surface area contributed by atoms with Gasteiger partial charge in [0.15, 0.2) is 5.57 Å². The summed E-state index contributed by atoms with van der Waals surface area (Å²) in [7, 11) is 3.62. The van der Waals surface area contributed by atoms with Crippen molar-refractivity contribution in [2.45, 2.75) is 0 Å². The topological polar surface area (TPSA) is 99.2 Å². The Bertz CT molecular complexity index is 1020. The smallest absolute Gasteiger partial charge is 0.347 e. The van der Waals surface area contributed by atoms with Crippen LogP contribution in [0.2, 0.25) is 0 Å². The zero-order valence-electron chi connectivity index (χ0n) is 15.9. The lowest BCUT2D eigenvalue weighted by Crippen LogP contribution is -2.33. The van der Waals surface area contributed by atoms with Gasteiger partial charge in [-0.3, -0.25) is 14.5 Å². The highest BCUT2D eigenvalue weighted by Gasteiger charge is 2.42. The molecule has 0 N–H and O–H groups in total. The van der Waals surface area contributed by atoms with Crippen LogP contribution in [0.3, 0.4) is 0 Å². The molecule has 148 valence electrons. The number of benzene rings is 2. The Hall–Kier alpha value is -3.94. The number of hydrogen-bond donors (Lipinski definition) is 0. The van der Waals surface area contributed by atoms with E-state index in [0.29, 0.717) is 5.75 Å². The fourth-order valence-electron chi connectivity index (χ4n) is 2.99. The van der Waals surface area contributed by atoms with E-state index >= 15 is 0 Å². The summed E-state index contributed by atoms with van der Waals surface area (Å²) in [5, 5.41) is 0. The quantitative estimate of drug-likeness (QED) is 0.338. The summed E-state index contributed by atoms with van der Waals surface area (Å²) in [6, 6.07) is 12.5. The lowest BCUT2D eigenvalue weighted by atomic mass is 10.1. The second-order valence-corrected chi connectivity index (χ2v) is 5.92. The van der Waals surface area contributed by atoms with Gasteiger partial charge in [-0.15, -0.1) is 0 Å². The largest absolute Gasteiger partial charge is 0.497 e. The summed E-state index contributed by atoms with van der Waals surface area (Å²) in [6.45, 7) is 0. The Morgan fingerprint density at radius 2 is 1.41 bits per heavy atom. The van der Waals surface area contributed by atoms with E-state index < -0.39 is 34.9 Å². The molecule has 0 atom stereocenters. The van der Waals surface area contributed by atoms with Gasteiger partial charge in [0.2, 0.25) is 5.78 Å². The highest BCUT2D eigenvalue weighted by molar-refractivity contribution is 6.33. The first kappa shape index (κ1) is 19.8. The van der Waals surface area contributed by atoms with E-state index in [1.165, 1.54) is 25.3 Å². The minimum absolute atomic E-state index is 0.176. The summed E-state index contributed by atoms with van der Waals surface area (Å²) < 4.78 is 14.4. The molecule has 0 radical (unpaired) electrons. The molecule has 0 bridgehead atoms. The van der Waals surface area contributed by atoms with E-state index in [-0.39, 0.29) is 16.8 Å². The van der Waals surface area contributed by atoms with Crippen LogP contribution in [0.25, 0.3) is 0 Å². The van der Waals surface area contributed by atoms with E-state index in [1.54, 1.807) is 30.3 Å². The third-order valence-electron chi connectivity index (χ3n) is 4.38. The highest BCUT2D eigenvalue weighted by atomic mass is 16.5. The average molecular weight is 395 g/mol. The van der Waals surface area contributed by atoms with Crippen molar-refractivity contribution in [2.24, 2.45) is 0 Å². The first-order chi connectivity index (χ1) is 13.9. The molecule has 1 amide bonds. The molecule has 0 saturated heterocycles. The molecule has 0 spiro atoms. The lowest BCUT2D eigenvalue weighted by molar-refractivity contribution is -0.144. The number of carbonyl (C=O) groups excluding carboxylic acids is 4. The maximum Gasteiger partial charge on any atom is 0.347 e. The Morgan fingerprint density at radius 1 is 0.828 bits per heavy atom. The number of ether oxygens (including phenoxy) is 3. The van der Waals surface area contributed by atoms with Gasteiger partial charge in [0.1, 0.15) is 11.4 Å². The Balaban J connectivity index is 2.24. The zero-order valence-corrected chi connectivity index (χ0v) is 15.9. The molecule has 1 heterocycles. The van der Waals surface area contributed by atoms with Crippen molar-refractivity contribution in [3.8, 4) is 5.75 Å². The first-order valence-electron chi connectivity index (χ1n) is 8.47. The second-order valence-electron chi connectivity index (χ2n) is 5.92. The van der Waals surface area contributed by atoms with Crippen molar-refractivity contribution in [3.63, 3.8) is 0 Å². The van der Waals surface area contributed by atoms with Crippen LogP contribution in [0.5, 0.6) is 5.75 Å². The molecule has 0 aliphatic carbocycles. The normalized spacial score (nSPS) is 12.3. The van der Waals surface area contributed by atoms with Crippen LogP contribution in [0.15, 0.2) is 59.8 Å². The number of ketones is 1. The summed E-state index contributed by atoms with van der Waals surface area (Å²) >= 11 is 0. The minimum Gasteiger partial charge on any atom is -0.497 e. The number of esters is 2. The highest BCUT2D eigenvalue weighted by Crippen LogP contribution is 2.37. The van der Waals surface area contributed by atoms with Gasteiger partial charge in [0.05, 0.1) is 27.0 Å². The predicted octanol–water partition coefficient (Wildman–Crippen LogP) is 2.14. The molecule has 0 aromatic heterocycles. The number of hydrogen-bond acceptors (Lipinski definition) is 7. The maximum atomic E-state index is 13.3. The maximum absolute atomic E-state index is 13.3. The molecule has 0 fully saturated rings. The van der Waals surface area contributed by atoms with Gasteiger partial charge < -0.3 is 14.2 Å². The zero-order chi connectivity index (χ0) is 21.1. The van der Waals surface area contributed by atoms with Crippen molar-refractivity contribution >= 4 is 29.3 Å². The average Bonchev–Trinajstić information content (AvgIpc) is 3.05. The van der Waals surface area contributed by atoms with Crippen molar-refractivity contribution in [1.82, 2.24) is 0 Å². The number of Topliss-reactive ketones (excluding diaryl/α,β-unsaturated/α-hetero) is 1. The van der Waals surface area contributed by atoms with Crippen molar-refractivity contribution in [2.75, 3.05) is 26.2 Å². The van der Waals surface area contributed by atoms with E-state index in [0.717, 1.165) is 19.1 Å². The predicted molar refractivity (Wildman–Crippen MR) is 102 cm³/mol. The fraction of sp³-hybridized carbons (Fsp3) is 0.143. The van der Waals surface area contributed by atoms with E-state index in [4.69, 9.17) is 4.74 Å². The number of methoxy groups -OCH3 is 3. The van der Waals surface area contributed by atoms with Crippen LogP contribution >= 0.6 is 0 Å². The standard InChI is InChI=1S/C21H17NO7/c1-27-13-10-8-12(9-11-13)19(24)22-15-7-5-4-6-14(15)18(23)17(22)16(20(25)28-2)21(26)29-3/h4-11H,1-3H3.